The van der Waals surface area contributed by atoms with Crippen LogP contribution in [0.25, 0.3) is 0 Å². The third kappa shape index (κ3) is 4.75. The standard InChI is InChI=1S/C21H23ClN2O4/c1-26-19-11-14(10-17(22)21(19)27-2)12-23-28-13-20(25)24-18-9-5-7-15-6-3-4-8-16(15)18/h3-4,6,8,10-12,18H,5,7,9,13H2,1-2H3,(H,24,25)/b23-12+. The van der Waals surface area contributed by atoms with Gasteiger partial charge in [0.05, 0.1) is 31.5 Å². The summed E-state index contributed by atoms with van der Waals surface area (Å²) in [6.45, 7) is -0.157. The Hall–Kier alpha value is -2.73. The number of halogens is 1. The third-order valence-corrected chi connectivity index (χ3v) is 4.91. The first kappa shape index (κ1) is 20.0. The largest absolute Gasteiger partial charge is 0.493 e. The first-order valence-electron chi connectivity index (χ1n) is 9.06. The maximum absolute atomic E-state index is 12.2. The minimum absolute atomic E-state index is 0.0229. The summed E-state index contributed by atoms with van der Waals surface area (Å²) in [6.07, 6.45) is 4.51. The minimum Gasteiger partial charge on any atom is -0.493 e. The van der Waals surface area contributed by atoms with Gasteiger partial charge in [0, 0.05) is 5.56 Å². The van der Waals surface area contributed by atoms with Crippen LogP contribution in [0.2, 0.25) is 5.02 Å². The zero-order valence-electron chi connectivity index (χ0n) is 15.9. The summed E-state index contributed by atoms with van der Waals surface area (Å²) in [5.41, 5.74) is 3.15. The van der Waals surface area contributed by atoms with Crippen LogP contribution in [-0.4, -0.2) is 32.9 Å². The number of fused-ring (bicyclic) bond motifs is 1. The van der Waals surface area contributed by atoms with E-state index >= 15 is 0 Å². The number of carbonyl (C=O) groups is 1. The molecule has 148 valence electrons. The molecule has 0 heterocycles. The van der Waals surface area contributed by atoms with Crippen molar-refractivity contribution in [1.29, 1.82) is 0 Å². The van der Waals surface area contributed by atoms with Crippen LogP contribution in [0, 0.1) is 0 Å². The summed E-state index contributed by atoms with van der Waals surface area (Å²) < 4.78 is 10.4. The average molecular weight is 403 g/mol. The first-order valence-corrected chi connectivity index (χ1v) is 9.44. The number of oxime groups is 1. The molecule has 0 aliphatic heterocycles. The summed E-state index contributed by atoms with van der Waals surface area (Å²) in [4.78, 5) is 17.3. The third-order valence-electron chi connectivity index (χ3n) is 4.63. The van der Waals surface area contributed by atoms with E-state index in [4.69, 9.17) is 25.9 Å². The second-order valence-corrected chi connectivity index (χ2v) is 6.86. The SMILES string of the molecule is COc1cc(/C=N/OCC(=O)NC2CCCc3ccccc32)cc(Cl)c1OC. The molecule has 0 saturated carbocycles. The average Bonchev–Trinajstić information content (AvgIpc) is 2.71. The van der Waals surface area contributed by atoms with Crippen molar-refractivity contribution in [3.8, 4) is 11.5 Å². The van der Waals surface area contributed by atoms with Crippen LogP contribution in [0.3, 0.4) is 0 Å². The summed E-state index contributed by atoms with van der Waals surface area (Å²) in [5, 5.41) is 7.27. The molecule has 2 aromatic carbocycles. The fourth-order valence-corrected chi connectivity index (χ4v) is 3.64. The topological polar surface area (TPSA) is 69.2 Å². The molecule has 1 aliphatic carbocycles. The van der Waals surface area contributed by atoms with Gasteiger partial charge in [0.25, 0.3) is 5.91 Å². The number of aryl methyl sites for hydroxylation is 1. The molecule has 1 N–H and O–H groups in total. The van der Waals surface area contributed by atoms with Gasteiger partial charge in [-0.05, 0) is 42.5 Å². The van der Waals surface area contributed by atoms with E-state index in [1.54, 1.807) is 12.1 Å². The van der Waals surface area contributed by atoms with E-state index < -0.39 is 0 Å². The van der Waals surface area contributed by atoms with Gasteiger partial charge in [-0.25, -0.2) is 0 Å². The van der Waals surface area contributed by atoms with E-state index in [0.717, 1.165) is 19.3 Å². The van der Waals surface area contributed by atoms with Crippen LogP contribution in [0.4, 0.5) is 0 Å². The highest BCUT2D eigenvalue weighted by Gasteiger charge is 2.21. The molecule has 7 heteroatoms. The first-order chi connectivity index (χ1) is 13.6. The van der Waals surface area contributed by atoms with Crippen molar-refractivity contribution in [3.63, 3.8) is 0 Å². The number of carbonyl (C=O) groups excluding carboxylic acids is 1. The Bertz CT molecular complexity index is 869. The van der Waals surface area contributed by atoms with Gasteiger partial charge in [0.1, 0.15) is 0 Å². The fourth-order valence-electron chi connectivity index (χ4n) is 3.35. The molecule has 0 saturated heterocycles. The zero-order valence-corrected chi connectivity index (χ0v) is 16.7. The van der Waals surface area contributed by atoms with E-state index in [1.165, 1.54) is 31.6 Å². The van der Waals surface area contributed by atoms with Gasteiger partial charge >= 0.3 is 0 Å². The lowest BCUT2D eigenvalue weighted by molar-refractivity contribution is -0.126. The molecule has 1 atom stereocenters. The van der Waals surface area contributed by atoms with Crippen molar-refractivity contribution in [1.82, 2.24) is 5.32 Å². The Morgan fingerprint density at radius 2 is 2.11 bits per heavy atom. The summed E-state index contributed by atoms with van der Waals surface area (Å²) >= 11 is 6.15. The van der Waals surface area contributed by atoms with Crippen LogP contribution in [0.1, 0.15) is 35.6 Å². The van der Waals surface area contributed by atoms with Gasteiger partial charge in [0.2, 0.25) is 0 Å². The van der Waals surface area contributed by atoms with E-state index in [1.807, 2.05) is 12.1 Å². The van der Waals surface area contributed by atoms with Crippen molar-refractivity contribution in [2.45, 2.75) is 25.3 Å². The molecule has 28 heavy (non-hydrogen) atoms. The molecule has 3 rings (SSSR count). The highest BCUT2D eigenvalue weighted by molar-refractivity contribution is 6.32. The highest BCUT2D eigenvalue weighted by atomic mass is 35.5. The van der Waals surface area contributed by atoms with Crippen LogP contribution in [-0.2, 0) is 16.1 Å². The molecule has 2 aromatic rings. The molecule has 0 fully saturated rings. The molecule has 0 bridgehead atoms. The van der Waals surface area contributed by atoms with Gasteiger partial charge < -0.3 is 19.6 Å². The molecular formula is C21H23ClN2O4. The number of amides is 1. The predicted octanol–water partition coefficient (Wildman–Crippen LogP) is 3.90. The van der Waals surface area contributed by atoms with Gasteiger partial charge in [-0.1, -0.05) is 41.0 Å². The Morgan fingerprint density at radius 3 is 2.89 bits per heavy atom. The Balaban J connectivity index is 1.54. The van der Waals surface area contributed by atoms with Gasteiger partial charge in [-0.15, -0.1) is 0 Å². The lowest BCUT2D eigenvalue weighted by atomic mass is 9.88. The number of ether oxygens (including phenoxy) is 2. The molecule has 1 amide bonds. The molecule has 1 unspecified atom stereocenters. The van der Waals surface area contributed by atoms with Crippen LogP contribution >= 0.6 is 11.6 Å². The number of nitrogens with one attached hydrogen (secondary N) is 1. The van der Waals surface area contributed by atoms with Gasteiger partial charge in [-0.2, -0.15) is 0 Å². The number of nitrogens with zero attached hydrogens (tertiary/aromatic N) is 1. The Labute approximate surface area is 169 Å². The molecule has 0 radical (unpaired) electrons. The smallest absolute Gasteiger partial charge is 0.261 e. The number of methoxy groups -OCH3 is 2. The maximum Gasteiger partial charge on any atom is 0.261 e. The van der Waals surface area contributed by atoms with Gasteiger partial charge in [0.15, 0.2) is 18.1 Å². The van der Waals surface area contributed by atoms with Crippen LogP contribution in [0.15, 0.2) is 41.6 Å². The van der Waals surface area contributed by atoms with Crippen molar-refractivity contribution in [2.24, 2.45) is 5.16 Å². The Morgan fingerprint density at radius 1 is 1.29 bits per heavy atom. The molecule has 0 aromatic heterocycles. The number of hydrogen-bond acceptors (Lipinski definition) is 5. The molecular weight excluding hydrogens is 380 g/mol. The molecule has 0 spiro atoms. The molecule has 6 nitrogen and oxygen atoms in total. The van der Waals surface area contributed by atoms with Crippen molar-refractivity contribution < 1.29 is 19.1 Å². The van der Waals surface area contributed by atoms with E-state index in [2.05, 4.69) is 22.6 Å². The second kappa shape index (κ2) is 9.46. The monoisotopic (exact) mass is 402 g/mol. The van der Waals surface area contributed by atoms with Crippen LogP contribution < -0.4 is 14.8 Å². The van der Waals surface area contributed by atoms with Crippen molar-refractivity contribution >= 4 is 23.7 Å². The van der Waals surface area contributed by atoms with Crippen LogP contribution in [0.5, 0.6) is 11.5 Å². The summed E-state index contributed by atoms with van der Waals surface area (Å²) in [7, 11) is 3.04. The van der Waals surface area contributed by atoms with E-state index in [-0.39, 0.29) is 18.6 Å². The summed E-state index contributed by atoms with van der Waals surface area (Å²) in [6, 6.07) is 11.6. The lowest BCUT2D eigenvalue weighted by Crippen LogP contribution is -2.33. The predicted molar refractivity (Wildman–Crippen MR) is 108 cm³/mol. The number of rotatable bonds is 7. The number of hydrogen-bond donors (Lipinski definition) is 1. The summed E-state index contributed by atoms with van der Waals surface area (Å²) in [5.74, 6) is 0.740. The minimum atomic E-state index is -0.204. The fraction of sp³-hybridized carbons (Fsp3) is 0.333. The van der Waals surface area contributed by atoms with E-state index in [9.17, 15) is 4.79 Å². The second-order valence-electron chi connectivity index (χ2n) is 6.46. The Kier molecular flexibility index (Phi) is 6.76. The quantitative estimate of drug-likeness (QED) is 0.563. The lowest BCUT2D eigenvalue weighted by Gasteiger charge is -2.26. The zero-order chi connectivity index (χ0) is 19.9. The van der Waals surface area contributed by atoms with Crippen molar-refractivity contribution in [3.05, 3.63) is 58.1 Å². The van der Waals surface area contributed by atoms with Crippen molar-refractivity contribution in [2.75, 3.05) is 20.8 Å². The van der Waals surface area contributed by atoms with E-state index in [0.29, 0.717) is 22.1 Å². The maximum atomic E-state index is 12.2. The number of benzene rings is 2. The normalized spacial score (nSPS) is 15.8. The highest BCUT2D eigenvalue weighted by Crippen LogP contribution is 2.35. The molecule has 1 aliphatic rings. The van der Waals surface area contributed by atoms with Gasteiger partial charge in [-0.3, -0.25) is 4.79 Å².